The number of aryl methyl sites for hydroxylation is 4. The zero-order chi connectivity index (χ0) is 11.5. The minimum atomic E-state index is 1.03. The van der Waals surface area contributed by atoms with Gasteiger partial charge in [0.1, 0.15) is 0 Å². The minimum Gasteiger partial charge on any atom is -0.246 e. The van der Waals surface area contributed by atoms with Crippen LogP contribution in [0.4, 0.5) is 0 Å². The van der Waals surface area contributed by atoms with Crippen LogP contribution in [0.3, 0.4) is 0 Å². The van der Waals surface area contributed by atoms with Gasteiger partial charge in [-0.2, -0.15) is 0 Å². The highest BCUT2D eigenvalue weighted by Gasteiger charge is 2.05. The van der Waals surface area contributed by atoms with Gasteiger partial charge in [0.15, 0.2) is 0 Å². The number of hydrogen-bond acceptors (Lipinski definition) is 2. The molecule has 0 aliphatic carbocycles. The smallest absolute Gasteiger partial charge is 0.0934 e. The van der Waals surface area contributed by atoms with Crippen molar-refractivity contribution < 1.29 is 0 Å². The Bertz CT molecular complexity index is 471. The van der Waals surface area contributed by atoms with Gasteiger partial charge in [0, 0.05) is 15.8 Å². The highest BCUT2D eigenvalue weighted by Crippen LogP contribution is 2.21. The zero-order valence-electron chi connectivity index (χ0n) is 9.46. The minimum absolute atomic E-state index is 1.03. The highest BCUT2D eigenvalue weighted by molar-refractivity contribution is 9.10. The monoisotopic (exact) mass is 295 g/mol. The Morgan fingerprint density at radius 2 is 1.94 bits per heavy atom. The van der Waals surface area contributed by atoms with Crippen molar-refractivity contribution in [1.82, 2.24) is 4.98 Å². The molecule has 1 heterocycles. The summed E-state index contributed by atoms with van der Waals surface area (Å²) in [5.41, 5.74) is 2.53. The summed E-state index contributed by atoms with van der Waals surface area (Å²) in [7, 11) is 0. The van der Waals surface area contributed by atoms with Crippen LogP contribution in [-0.4, -0.2) is 4.98 Å². The van der Waals surface area contributed by atoms with Gasteiger partial charge >= 0.3 is 0 Å². The van der Waals surface area contributed by atoms with Crippen LogP contribution in [0.1, 0.15) is 21.1 Å². The Morgan fingerprint density at radius 1 is 1.19 bits per heavy atom. The van der Waals surface area contributed by atoms with Gasteiger partial charge in [-0.1, -0.05) is 34.1 Å². The van der Waals surface area contributed by atoms with E-state index in [2.05, 4.69) is 53.0 Å². The lowest BCUT2D eigenvalue weighted by Crippen LogP contribution is -1.91. The van der Waals surface area contributed by atoms with Crippen molar-refractivity contribution in [1.29, 1.82) is 0 Å². The van der Waals surface area contributed by atoms with Crippen LogP contribution >= 0.6 is 27.3 Å². The number of thiazole rings is 1. The second-order valence-electron chi connectivity index (χ2n) is 3.84. The fraction of sp³-hybridized carbons (Fsp3) is 0.308. The van der Waals surface area contributed by atoms with Crippen molar-refractivity contribution in [2.75, 3.05) is 0 Å². The molecule has 0 radical (unpaired) electrons. The van der Waals surface area contributed by atoms with E-state index in [1.165, 1.54) is 25.6 Å². The summed E-state index contributed by atoms with van der Waals surface area (Å²) < 4.78 is 1.19. The predicted octanol–water partition coefficient (Wildman–Crippen LogP) is 4.31. The number of aromatic nitrogens is 1. The molecule has 1 nitrogen and oxygen atoms in total. The van der Waals surface area contributed by atoms with E-state index in [-0.39, 0.29) is 0 Å². The number of benzene rings is 1. The molecule has 0 atom stereocenters. The molecule has 1 aromatic carbocycles. The summed E-state index contributed by atoms with van der Waals surface area (Å²) in [5.74, 6) is 0. The van der Waals surface area contributed by atoms with E-state index in [9.17, 15) is 0 Å². The van der Waals surface area contributed by atoms with Gasteiger partial charge < -0.3 is 0 Å². The van der Waals surface area contributed by atoms with Crippen molar-refractivity contribution in [2.45, 2.75) is 26.7 Å². The first kappa shape index (κ1) is 11.8. The molecule has 0 unspecified atom stereocenters. The second-order valence-corrected chi connectivity index (χ2v) is 5.98. The third kappa shape index (κ3) is 2.71. The molecule has 84 valence electrons. The van der Waals surface area contributed by atoms with Gasteiger partial charge in [0.2, 0.25) is 0 Å². The standard InChI is InChI=1S/C13H14BrNS/c1-9-10(2)16-13(15-9)8-7-11-5-3-4-6-12(11)14/h3-6H,7-8H2,1-2H3. The highest BCUT2D eigenvalue weighted by atomic mass is 79.9. The average Bonchev–Trinajstić information content (AvgIpc) is 2.57. The first-order valence-corrected chi connectivity index (χ1v) is 6.94. The molecular weight excluding hydrogens is 282 g/mol. The average molecular weight is 296 g/mol. The van der Waals surface area contributed by atoms with E-state index in [0.29, 0.717) is 0 Å². The Labute approximate surface area is 109 Å². The number of nitrogens with zero attached hydrogens (tertiary/aromatic N) is 1. The molecule has 2 rings (SSSR count). The molecule has 0 fully saturated rings. The zero-order valence-corrected chi connectivity index (χ0v) is 11.9. The summed E-state index contributed by atoms with van der Waals surface area (Å²) in [4.78, 5) is 5.89. The van der Waals surface area contributed by atoms with Gasteiger partial charge in [-0.15, -0.1) is 11.3 Å². The summed E-state index contributed by atoms with van der Waals surface area (Å²) in [6.45, 7) is 4.21. The van der Waals surface area contributed by atoms with E-state index in [0.717, 1.165) is 12.8 Å². The van der Waals surface area contributed by atoms with Crippen LogP contribution in [0.15, 0.2) is 28.7 Å². The molecule has 0 bridgehead atoms. The lowest BCUT2D eigenvalue weighted by atomic mass is 10.1. The van der Waals surface area contributed by atoms with Crippen LogP contribution in [0, 0.1) is 13.8 Å². The van der Waals surface area contributed by atoms with Gasteiger partial charge in [-0.25, -0.2) is 4.98 Å². The third-order valence-electron chi connectivity index (χ3n) is 2.64. The Balaban J connectivity index is 2.05. The van der Waals surface area contributed by atoms with E-state index in [1.807, 2.05) is 17.4 Å². The molecule has 2 aromatic rings. The van der Waals surface area contributed by atoms with Crippen LogP contribution < -0.4 is 0 Å². The molecular formula is C13H14BrNS. The predicted molar refractivity (Wildman–Crippen MR) is 73.1 cm³/mol. The van der Waals surface area contributed by atoms with Gasteiger partial charge in [0.05, 0.1) is 10.7 Å². The maximum atomic E-state index is 4.56. The largest absolute Gasteiger partial charge is 0.246 e. The van der Waals surface area contributed by atoms with Gasteiger partial charge in [0.25, 0.3) is 0 Å². The quantitative estimate of drug-likeness (QED) is 0.822. The number of rotatable bonds is 3. The maximum Gasteiger partial charge on any atom is 0.0934 e. The lowest BCUT2D eigenvalue weighted by molar-refractivity contribution is 0.931. The molecule has 0 aliphatic heterocycles. The van der Waals surface area contributed by atoms with Crippen LogP contribution in [0.2, 0.25) is 0 Å². The fourth-order valence-corrected chi connectivity index (χ4v) is 3.01. The van der Waals surface area contributed by atoms with Crippen molar-refractivity contribution >= 4 is 27.3 Å². The molecule has 0 amide bonds. The molecule has 16 heavy (non-hydrogen) atoms. The first-order valence-electron chi connectivity index (χ1n) is 5.33. The Hall–Kier alpha value is -0.670. The van der Waals surface area contributed by atoms with Gasteiger partial charge in [-0.05, 0) is 31.9 Å². The van der Waals surface area contributed by atoms with Gasteiger partial charge in [-0.3, -0.25) is 0 Å². The van der Waals surface area contributed by atoms with Crippen molar-refractivity contribution in [3.63, 3.8) is 0 Å². The van der Waals surface area contributed by atoms with Crippen LogP contribution in [-0.2, 0) is 12.8 Å². The molecule has 0 spiro atoms. The molecule has 1 aromatic heterocycles. The summed E-state index contributed by atoms with van der Waals surface area (Å²) in [6.07, 6.45) is 2.08. The number of hydrogen-bond donors (Lipinski definition) is 0. The van der Waals surface area contributed by atoms with E-state index >= 15 is 0 Å². The maximum absolute atomic E-state index is 4.56. The Morgan fingerprint density at radius 3 is 2.56 bits per heavy atom. The Kier molecular flexibility index (Phi) is 3.77. The van der Waals surface area contributed by atoms with Crippen LogP contribution in [0.25, 0.3) is 0 Å². The van der Waals surface area contributed by atoms with E-state index < -0.39 is 0 Å². The summed E-state index contributed by atoms with van der Waals surface area (Å²) in [6, 6.07) is 8.38. The molecule has 0 N–H and O–H groups in total. The fourth-order valence-electron chi connectivity index (χ4n) is 1.59. The molecule has 0 saturated heterocycles. The van der Waals surface area contributed by atoms with Crippen molar-refractivity contribution in [2.24, 2.45) is 0 Å². The normalized spacial score (nSPS) is 10.7. The first-order chi connectivity index (χ1) is 7.66. The summed E-state index contributed by atoms with van der Waals surface area (Å²) >= 11 is 5.39. The van der Waals surface area contributed by atoms with E-state index in [4.69, 9.17) is 0 Å². The molecule has 3 heteroatoms. The molecule has 0 aliphatic rings. The second kappa shape index (κ2) is 5.11. The lowest BCUT2D eigenvalue weighted by Gasteiger charge is -2.01. The SMILES string of the molecule is Cc1nc(CCc2ccccc2Br)sc1C. The topological polar surface area (TPSA) is 12.9 Å². The van der Waals surface area contributed by atoms with Crippen molar-refractivity contribution in [3.05, 3.63) is 49.9 Å². The van der Waals surface area contributed by atoms with Crippen molar-refractivity contribution in [3.8, 4) is 0 Å². The molecule has 0 saturated carbocycles. The van der Waals surface area contributed by atoms with E-state index in [1.54, 1.807) is 0 Å². The third-order valence-corrected chi connectivity index (χ3v) is 4.55. The van der Waals surface area contributed by atoms with Crippen LogP contribution in [0.5, 0.6) is 0 Å². The summed E-state index contributed by atoms with van der Waals surface area (Å²) in [5, 5.41) is 1.24. The number of halogens is 1.